The predicted octanol–water partition coefficient (Wildman–Crippen LogP) is 2.26. The second-order valence-electron chi connectivity index (χ2n) is 4.72. The van der Waals surface area contributed by atoms with E-state index in [1.165, 1.54) is 7.11 Å². The predicted molar refractivity (Wildman–Crippen MR) is 81.5 cm³/mol. The van der Waals surface area contributed by atoms with E-state index in [0.717, 1.165) is 0 Å². The van der Waals surface area contributed by atoms with Gasteiger partial charge in [0.1, 0.15) is 6.10 Å². The Hall–Kier alpha value is -2.66. The Bertz CT molecular complexity index is 628. The summed E-state index contributed by atoms with van der Waals surface area (Å²) in [5, 5.41) is 12.0. The van der Waals surface area contributed by atoms with Gasteiger partial charge in [0.05, 0.1) is 0 Å². The molecule has 2 unspecified atom stereocenters. The van der Waals surface area contributed by atoms with E-state index in [0.29, 0.717) is 11.1 Å². The zero-order chi connectivity index (χ0) is 15.9. The number of carboxylic acids is 1. The van der Waals surface area contributed by atoms with Crippen LogP contribution in [0, 0.1) is 0 Å². The van der Waals surface area contributed by atoms with Crippen molar-refractivity contribution in [2.45, 2.75) is 12.1 Å². The van der Waals surface area contributed by atoms with E-state index in [2.05, 4.69) is 5.32 Å². The maximum Gasteiger partial charge on any atom is 0.329 e. The second-order valence-corrected chi connectivity index (χ2v) is 4.72. The average Bonchev–Trinajstić information content (AvgIpc) is 2.56. The van der Waals surface area contributed by atoms with Crippen molar-refractivity contribution in [3.05, 3.63) is 71.8 Å². The molecular formula is C17H17NO4. The molecule has 5 heteroatoms. The number of carbonyl (C=O) groups excluding carboxylic acids is 1. The molecule has 22 heavy (non-hydrogen) atoms. The summed E-state index contributed by atoms with van der Waals surface area (Å²) < 4.78 is 5.30. The molecule has 0 aliphatic rings. The zero-order valence-corrected chi connectivity index (χ0v) is 12.1. The van der Waals surface area contributed by atoms with E-state index in [4.69, 9.17) is 4.74 Å². The number of carboxylic acid groups (broad SMARTS) is 1. The molecule has 2 aromatic carbocycles. The van der Waals surface area contributed by atoms with E-state index in [1.54, 1.807) is 54.6 Å². The van der Waals surface area contributed by atoms with Crippen LogP contribution in [-0.4, -0.2) is 30.1 Å². The van der Waals surface area contributed by atoms with Crippen molar-refractivity contribution in [1.82, 2.24) is 5.32 Å². The lowest BCUT2D eigenvalue weighted by molar-refractivity contribution is -0.143. The Morgan fingerprint density at radius 2 is 1.55 bits per heavy atom. The SMILES string of the molecule is COC(c1ccccc1)C(NC(=O)c1ccccc1)C(=O)O. The molecule has 0 spiro atoms. The first-order valence-corrected chi connectivity index (χ1v) is 6.80. The van der Waals surface area contributed by atoms with Crippen molar-refractivity contribution in [3.63, 3.8) is 0 Å². The Morgan fingerprint density at radius 3 is 2.05 bits per heavy atom. The van der Waals surface area contributed by atoms with Crippen LogP contribution in [0.25, 0.3) is 0 Å². The average molecular weight is 299 g/mol. The van der Waals surface area contributed by atoms with E-state index in [1.807, 2.05) is 6.07 Å². The Kier molecular flexibility index (Phi) is 5.27. The normalized spacial score (nSPS) is 13.1. The van der Waals surface area contributed by atoms with E-state index >= 15 is 0 Å². The van der Waals surface area contributed by atoms with Gasteiger partial charge in [-0.25, -0.2) is 4.79 Å². The lowest BCUT2D eigenvalue weighted by atomic mass is 10.0. The number of amides is 1. The Labute approximate surface area is 128 Å². The number of hydrogen-bond donors (Lipinski definition) is 2. The maximum atomic E-state index is 12.2. The van der Waals surface area contributed by atoms with Crippen molar-refractivity contribution in [2.24, 2.45) is 0 Å². The molecule has 0 radical (unpaired) electrons. The first-order chi connectivity index (χ1) is 10.6. The number of hydrogen-bond acceptors (Lipinski definition) is 3. The number of rotatable bonds is 6. The Morgan fingerprint density at radius 1 is 1.00 bits per heavy atom. The number of ether oxygens (including phenoxy) is 1. The summed E-state index contributed by atoms with van der Waals surface area (Å²) in [4.78, 5) is 23.7. The van der Waals surface area contributed by atoms with Crippen LogP contribution >= 0.6 is 0 Å². The number of aliphatic carboxylic acids is 1. The highest BCUT2D eigenvalue weighted by Gasteiger charge is 2.31. The highest BCUT2D eigenvalue weighted by atomic mass is 16.5. The zero-order valence-electron chi connectivity index (χ0n) is 12.1. The first-order valence-electron chi connectivity index (χ1n) is 6.80. The van der Waals surface area contributed by atoms with Crippen LogP contribution in [-0.2, 0) is 9.53 Å². The molecule has 0 saturated heterocycles. The van der Waals surface area contributed by atoms with Crippen molar-refractivity contribution in [3.8, 4) is 0 Å². The van der Waals surface area contributed by atoms with Crippen molar-refractivity contribution < 1.29 is 19.4 Å². The highest BCUT2D eigenvalue weighted by Crippen LogP contribution is 2.21. The van der Waals surface area contributed by atoms with Gasteiger partial charge < -0.3 is 15.2 Å². The fraction of sp³-hybridized carbons (Fsp3) is 0.176. The van der Waals surface area contributed by atoms with Crippen LogP contribution in [0.2, 0.25) is 0 Å². The van der Waals surface area contributed by atoms with Crippen LogP contribution in [0.15, 0.2) is 60.7 Å². The molecule has 2 atom stereocenters. The molecule has 0 fully saturated rings. The summed E-state index contributed by atoms with van der Waals surface area (Å²) in [6.45, 7) is 0. The van der Waals surface area contributed by atoms with Gasteiger partial charge in [-0.1, -0.05) is 48.5 Å². The lowest BCUT2D eigenvalue weighted by Crippen LogP contribution is -2.45. The van der Waals surface area contributed by atoms with Crippen molar-refractivity contribution in [1.29, 1.82) is 0 Å². The van der Waals surface area contributed by atoms with Crippen LogP contribution in [0.1, 0.15) is 22.0 Å². The largest absolute Gasteiger partial charge is 0.480 e. The summed E-state index contributed by atoms with van der Waals surface area (Å²) in [5.41, 5.74) is 1.09. The van der Waals surface area contributed by atoms with Gasteiger partial charge in [-0.05, 0) is 17.7 Å². The monoisotopic (exact) mass is 299 g/mol. The quantitative estimate of drug-likeness (QED) is 0.858. The molecule has 2 rings (SSSR count). The molecule has 1 amide bonds. The highest BCUT2D eigenvalue weighted by molar-refractivity contribution is 5.96. The third-order valence-electron chi connectivity index (χ3n) is 3.27. The van der Waals surface area contributed by atoms with Gasteiger partial charge in [0.25, 0.3) is 5.91 Å². The van der Waals surface area contributed by atoms with Gasteiger partial charge in [-0.15, -0.1) is 0 Å². The van der Waals surface area contributed by atoms with Gasteiger partial charge in [-0.2, -0.15) is 0 Å². The maximum absolute atomic E-state index is 12.2. The van der Waals surface area contributed by atoms with Crippen LogP contribution in [0.5, 0.6) is 0 Å². The Balaban J connectivity index is 2.22. The summed E-state index contributed by atoms with van der Waals surface area (Å²) in [6.07, 6.45) is -0.772. The molecular weight excluding hydrogens is 282 g/mol. The van der Waals surface area contributed by atoms with E-state index in [-0.39, 0.29) is 0 Å². The summed E-state index contributed by atoms with van der Waals surface area (Å²) >= 11 is 0. The molecule has 114 valence electrons. The molecule has 0 aliphatic carbocycles. The molecule has 2 N–H and O–H groups in total. The van der Waals surface area contributed by atoms with Gasteiger partial charge in [0, 0.05) is 12.7 Å². The van der Waals surface area contributed by atoms with Crippen molar-refractivity contribution >= 4 is 11.9 Å². The smallest absolute Gasteiger partial charge is 0.329 e. The third kappa shape index (κ3) is 3.71. The summed E-state index contributed by atoms with van der Waals surface area (Å²) in [5.74, 6) is -1.61. The molecule has 2 aromatic rings. The third-order valence-corrected chi connectivity index (χ3v) is 3.27. The molecule has 0 aliphatic heterocycles. The summed E-state index contributed by atoms with van der Waals surface area (Å²) in [6, 6.07) is 16.2. The van der Waals surface area contributed by atoms with Gasteiger partial charge >= 0.3 is 5.97 Å². The van der Waals surface area contributed by atoms with Crippen LogP contribution in [0.3, 0.4) is 0 Å². The lowest BCUT2D eigenvalue weighted by Gasteiger charge is -2.24. The van der Waals surface area contributed by atoms with Crippen LogP contribution < -0.4 is 5.32 Å². The minimum atomic E-state index is -1.18. The van der Waals surface area contributed by atoms with E-state index in [9.17, 15) is 14.7 Å². The topological polar surface area (TPSA) is 75.6 Å². The van der Waals surface area contributed by atoms with Gasteiger partial charge in [0.15, 0.2) is 6.04 Å². The molecule has 0 heterocycles. The first kappa shape index (κ1) is 15.7. The molecule has 5 nitrogen and oxygen atoms in total. The standard InChI is InChI=1S/C17H17NO4/c1-22-15(12-8-4-2-5-9-12)14(17(20)21)18-16(19)13-10-6-3-7-11-13/h2-11,14-15H,1H3,(H,18,19)(H,20,21). The minimum absolute atomic E-state index is 0.400. The number of nitrogens with one attached hydrogen (secondary N) is 1. The van der Waals surface area contributed by atoms with E-state index < -0.39 is 24.0 Å². The molecule has 0 aromatic heterocycles. The van der Waals surface area contributed by atoms with Crippen molar-refractivity contribution in [2.75, 3.05) is 7.11 Å². The minimum Gasteiger partial charge on any atom is -0.480 e. The number of benzene rings is 2. The molecule has 0 bridgehead atoms. The second kappa shape index (κ2) is 7.38. The van der Waals surface area contributed by atoms with Gasteiger partial charge in [0.2, 0.25) is 0 Å². The number of methoxy groups -OCH3 is 1. The fourth-order valence-corrected chi connectivity index (χ4v) is 2.19. The fourth-order valence-electron chi connectivity index (χ4n) is 2.19. The van der Waals surface area contributed by atoms with Crippen LogP contribution in [0.4, 0.5) is 0 Å². The summed E-state index contributed by atoms with van der Waals surface area (Å²) in [7, 11) is 1.42. The number of carbonyl (C=O) groups is 2. The van der Waals surface area contributed by atoms with Gasteiger partial charge in [-0.3, -0.25) is 4.79 Å². The molecule has 0 saturated carbocycles.